The molecule has 38 nitrogen and oxygen atoms in total. The highest BCUT2D eigenvalue weighted by Gasteiger charge is 2.55. The number of hydrogen-bond donors (Lipinski definition) is 8. The van der Waals surface area contributed by atoms with Crippen LogP contribution in [0.25, 0.3) is 0 Å². The minimum absolute atomic E-state index is 0.0161. The molecule has 10 atom stereocenters. The van der Waals surface area contributed by atoms with E-state index in [1.54, 1.807) is 0 Å². The summed E-state index contributed by atoms with van der Waals surface area (Å²) in [7, 11) is -32.2. The van der Waals surface area contributed by atoms with Crippen molar-refractivity contribution in [1.82, 2.24) is 20.4 Å². The molecule has 0 aromatic carbocycles. The molecular weight excluding hydrogens is 1270 g/mol. The zero-order valence-corrected chi connectivity index (χ0v) is 49.6. The van der Waals surface area contributed by atoms with Gasteiger partial charge in [0.25, 0.3) is 0 Å². The Bertz CT molecular complexity index is 2720. The number of methoxy groups -OCH3 is 2. The zero-order valence-electron chi connectivity index (χ0n) is 44.7. The lowest BCUT2D eigenvalue weighted by Crippen LogP contribution is -2.62. The van der Waals surface area contributed by atoms with Crippen molar-refractivity contribution in [3.63, 3.8) is 0 Å². The quantitative estimate of drug-likeness (QED) is 0.0328. The van der Waals surface area contributed by atoms with E-state index in [0.29, 0.717) is 25.7 Å². The number of rotatable bonds is 30. The fourth-order valence-electron chi connectivity index (χ4n) is 10.5. The molecule has 5 aliphatic rings. The second-order valence-corrected chi connectivity index (χ2v) is 26.1. The number of nitrogens with one attached hydrogen (secondary N) is 2. The average molecular weight is 1340 g/mol. The normalized spacial score (nSPS) is 29.1. The van der Waals surface area contributed by atoms with E-state index >= 15 is 0 Å². The van der Waals surface area contributed by atoms with E-state index in [1.807, 2.05) is 0 Å². The van der Waals surface area contributed by atoms with Crippen molar-refractivity contribution in [2.24, 2.45) is 0 Å². The molecule has 3 saturated carbocycles. The summed E-state index contributed by atoms with van der Waals surface area (Å²) in [6.45, 7) is -5.14. The smallest absolute Gasteiger partial charge is 0.369 e. The van der Waals surface area contributed by atoms with Crippen LogP contribution in [0.1, 0.15) is 89.9 Å². The summed E-state index contributed by atoms with van der Waals surface area (Å²) in [6.07, 6.45) is -15.8. The van der Waals surface area contributed by atoms with Gasteiger partial charge in [-0.3, -0.25) is 46.5 Å². The second-order valence-electron chi connectivity index (χ2n) is 19.8. The fraction of sp³-hybridized carbons (Fsp3) is 0.900. The van der Waals surface area contributed by atoms with Crippen molar-refractivity contribution in [2.75, 3.05) is 53.7 Å². The lowest BCUT2D eigenvalue weighted by Gasteiger charge is -2.43. The Hall–Kier alpha value is -3.14. The summed E-state index contributed by atoms with van der Waals surface area (Å²) in [6, 6.07) is -2.13. The maximum absolute atomic E-state index is 14.3. The van der Waals surface area contributed by atoms with Crippen molar-refractivity contribution in [2.45, 2.75) is 175 Å². The highest BCUT2D eigenvalue weighted by molar-refractivity contribution is 7.82. The molecule has 5 rings (SSSR count). The molecule has 0 spiro atoms. The molecular formula is C40H68N4O34S6. The average Bonchev–Trinajstić information content (AvgIpc) is 1.34. The number of carbonyl (C=O) groups is 4. The van der Waals surface area contributed by atoms with E-state index in [0.717, 1.165) is 62.5 Å². The van der Waals surface area contributed by atoms with Crippen molar-refractivity contribution in [3.8, 4) is 0 Å². The predicted molar refractivity (Wildman–Crippen MR) is 271 cm³/mol. The standard InChI is InChI=1S/C40H68N4O34S6/c1-67-39-37(77-83(61,62)63)35(75-81(55,56)57)33(73-79(49,50)51)27(71-39)19-69-21-31(47)43(17-29(45)41-23-9-5-3-6-10-23)25-13-15-26(16-14-25)44(18-30(46)42-24-11-7-4-8-12-24)32(48)22-70-20-28-34(74-80(52,53)54)36(76-82(58,59)60)38(40(68-2)72-28)78-84(64,65)66/h23-28,33-40H,3-22H2,1-2H3,(H,41,45)(H,42,46)(H,49,50,51)(H,52,53,54)(H,55,56,57)(H,58,59,60)(H,61,62,63)(H,64,65,66). The van der Waals surface area contributed by atoms with Crippen LogP contribution in [-0.2, 0) is 135 Å². The lowest BCUT2D eigenvalue weighted by atomic mass is 9.88. The highest BCUT2D eigenvalue weighted by Crippen LogP contribution is 2.34. The van der Waals surface area contributed by atoms with Gasteiger partial charge in [0, 0.05) is 38.4 Å². The van der Waals surface area contributed by atoms with Gasteiger partial charge in [-0.15, -0.1) is 0 Å². The van der Waals surface area contributed by atoms with Crippen LogP contribution in [0.2, 0.25) is 0 Å². The highest BCUT2D eigenvalue weighted by atomic mass is 32.3. The van der Waals surface area contributed by atoms with E-state index < -0.39 is 199 Å². The van der Waals surface area contributed by atoms with Gasteiger partial charge in [0.1, 0.15) is 49.8 Å². The van der Waals surface area contributed by atoms with E-state index in [-0.39, 0.29) is 37.8 Å². The number of carbonyl (C=O) groups excluding carboxylic acids is 4. The summed E-state index contributed by atoms with van der Waals surface area (Å²) < 4.78 is 258. The third-order valence-electron chi connectivity index (χ3n) is 13.8. The van der Waals surface area contributed by atoms with Crippen LogP contribution in [-0.4, -0.2) is 251 Å². The van der Waals surface area contributed by atoms with Crippen molar-refractivity contribution in [3.05, 3.63) is 0 Å². The molecule has 0 radical (unpaired) electrons. The molecule has 0 bridgehead atoms. The van der Waals surface area contributed by atoms with Gasteiger partial charge in [-0.2, -0.15) is 50.5 Å². The Morgan fingerprint density at radius 2 is 0.690 bits per heavy atom. The van der Waals surface area contributed by atoms with Crippen LogP contribution < -0.4 is 10.6 Å². The molecule has 2 heterocycles. The second kappa shape index (κ2) is 30.9. The van der Waals surface area contributed by atoms with Crippen molar-refractivity contribution < 1.29 is 151 Å². The van der Waals surface area contributed by atoms with Gasteiger partial charge in [-0.05, 0) is 51.4 Å². The Kier molecular flexibility index (Phi) is 26.3. The van der Waals surface area contributed by atoms with Crippen LogP contribution in [0.4, 0.5) is 0 Å². The maximum Gasteiger partial charge on any atom is 0.397 e. The maximum atomic E-state index is 14.3. The van der Waals surface area contributed by atoms with Crippen molar-refractivity contribution >= 4 is 86.0 Å². The van der Waals surface area contributed by atoms with Crippen molar-refractivity contribution in [1.29, 1.82) is 0 Å². The molecule has 44 heteroatoms. The number of nitrogens with zero attached hydrogens (tertiary/aromatic N) is 2. The van der Waals surface area contributed by atoms with Gasteiger partial charge >= 0.3 is 62.4 Å². The van der Waals surface area contributed by atoms with E-state index in [9.17, 15) is 97.0 Å². The minimum Gasteiger partial charge on any atom is -0.369 e. The first-order chi connectivity index (χ1) is 38.9. The minimum atomic E-state index is -5.69. The summed E-state index contributed by atoms with van der Waals surface area (Å²) in [5.41, 5.74) is 0. The third-order valence-corrected chi connectivity index (χ3v) is 16.6. The third kappa shape index (κ3) is 24.1. The van der Waals surface area contributed by atoms with E-state index in [4.69, 9.17) is 28.4 Å². The molecule has 84 heavy (non-hydrogen) atoms. The lowest BCUT2D eigenvalue weighted by molar-refractivity contribution is -0.282. The first-order valence-corrected chi connectivity index (χ1v) is 33.7. The van der Waals surface area contributed by atoms with Gasteiger partial charge in [0.2, 0.25) is 23.6 Å². The summed E-state index contributed by atoms with van der Waals surface area (Å²) in [4.78, 5) is 58.1. The fourth-order valence-corrected chi connectivity index (χ4v) is 13.5. The van der Waals surface area contributed by atoms with Gasteiger partial charge in [0.05, 0.1) is 26.3 Å². The molecule has 3 aliphatic carbocycles. The van der Waals surface area contributed by atoms with Crippen LogP contribution in [0.15, 0.2) is 0 Å². The predicted octanol–water partition coefficient (Wildman–Crippen LogP) is -3.24. The summed E-state index contributed by atoms with van der Waals surface area (Å²) in [5.74, 6) is -3.01. The number of ether oxygens (including phenoxy) is 6. The molecule has 5 fully saturated rings. The summed E-state index contributed by atoms with van der Waals surface area (Å²) in [5, 5.41) is 5.79. The zero-order chi connectivity index (χ0) is 62.6. The molecule has 8 N–H and O–H groups in total. The van der Waals surface area contributed by atoms with Gasteiger partial charge in [-0.25, -0.2) is 25.1 Å². The molecule has 2 aliphatic heterocycles. The molecule has 2 saturated heterocycles. The largest absolute Gasteiger partial charge is 0.397 e. The van der Waals surface area contributed by atoms with E-state index in [1.165, 1.54) is 0 Å². The first-order valence-electron chi connectivity index (χ1n) is 25.5. The van der Waals surface area contributed by atoms with Gasteiger partial charge in [-0.1, -0.05) is 38.5 Å². The molecule has 4 amide bonds. The number of hydrogen-bond acceptors (Lipinski definition) is 28. The van der Waals surface area contributed by atoms with Crippen LogP contribution >= 0.6 is 0 Å². The van der Waals surface area contributed by atoms with E-state index in [2.05, 4.69) is 35.7 Å². The first kappa shape index (κ1) is 71.6. The molecule has 0 aromatic heterocycles. The molecule has 488 valence electrons. The SMILES string of the molecule is COC1OC(COCC(=O)N(CC(=O)NC2CCCCC2)C2CCC(N(CC(=O)NC3CCCCC3)C(=O)COCC3OC(OC)C(OS(=O)(=O)O)C(OS(=O)(=O)O)C3OS(=O)(=O)O)CC2)C(OS(=O)(=O)O)C(OS(=O)(=O)O)C1OS(=O)(=O)O. The van der Waals surface area contributed by atoms with Gasteiger partial charge in [0.15, 0.2) is 24.8 Å². The Morgan fingerprint density at radius 3 is 0.964 bits per heavy atom. The Balaban J connectivity index is 1.37. The van der Waals surface area contributed by atoms with Crippen LogP contribution in [0.3, 0.4) is 0 Å². The van der Waals surface area contributed by atoms with Crippen LogP contribution in [0.5, 0.6) is 0 Å². The van der Waals surface area contributed by atoms with Crippen LogP contribution in [0, 0.1) is 0 Å². The van der Waals surface area contributed by atoms with Gasteiger partial charge < -0.3 is 48.9 Å². The molecule has 10 unspecified atom stereocenters. The Labute approximate surface area is 484 Å². The summed E-state index contributed by atoms with van der Waals surface area (Å²) >= 11 is 0. The monoisotopic (exact) mass is 1340 g/mol. The number of amides is 4. The Morgan fingerprint density at radius 1 is 0.417 bits per heavy atom. The molecule has 0 aromatic rings. The topological polar surface area (TPSA) is 536 Å².